The lowest BCUT2D eigenvalue weighted by atomic mass is 10.1. The number of aryl methyl sites for hydroxylation is 2. The minimum atomic E-state index is -0.343. The number of nitrogens with one attached hydrogen (secondary N) is 2. The second-order valence-electron chi connectivity index (χ2n) is 9.31. The normalized spacial score (nSPS) is 11.4. The largest absolute Gasteiger partial charge is 0.348 e. The Bertz CT molecular complexity index is 1370. The van der Waals surface area contributed by atoms with E-state index in [1.54, 1.807) is 30.9 Å². The molecule has 174 valence electrons. The molecular weight excluding hydrogens is 428 g/mol. The fourth-order valence-electron chi connectivity index (χ4n) is 3.60. The summed E-state index contributed by atoms with van der Waals surface area (Å²) in [5.74, 6) is -0.334. The molecule has 0 saturated heterocycles. The molecule has 8 nitrogen and oxygen atoms in total. The van der Waals surface area contributed by atoms with Crippen molar-refractivity contribution in [3.63, 3.8) is 0 Å². The van der Waals surface area contributed by atoms with E-state index in [1.807, 2.05) is 63.5 Å². The predicted molar refractivity (Wildman–Crippen MR) is 132 cm³/mol. The lowest BCUT2D eigenvalue weighted by Crippen LogP contribution is -2.23. The number of aromatic nitrogens is 4. The third-order valence-electron chi connectivity index (χ3n) is 5.68. The lowest BCUT2D eigenvalue weighted by Gasteiger charge is -2.22. The van der Waals surface area contributed by atoms with Crippen LogP contribution in [0.1, 0.15) is 58.2 Å². The van der Waals surface area contributed by atoms with Crippen molar-refractivity contribution < 1.29 is 9.59 Å². The highest BCUT2D eigenvalue weighted by atomic mass is 16.2. The van der Waals surface area contributed by atoms with E-state index < -0.39 is 0 Å². The molecule has 34 heavy (non-hydrogen) atoms. The average Bonchev–Trinajstić information content (AvgIpc) is 3.19. The average molecular weight is 457 g/mol. The van der Waals surface area contributed by atoms with Crippen molar-refractivity contribution in [2.75, 3.05) is 5.32 Å². The van der Waals surface area contributed by atoms with Gasteiger partial charge in [0.05, 0.1) is 10.9 Å². The third kappa shape index (κ3) is 4.80. The zero-order valence-corrected chi connectivity index (χ0v) is 20.0. The van der Waals surface area contributed by atoms with E-state index in [-0.39, 0.29) is 23.3 Å². The number of benzene rings is 1. The smallest absolute Gasteiger partial charge is 0.258 e. The quantitative estimate of drug-likeness (QED) is 0.464. The van der Waals surface area contributed by atoms with Gasteiger partial charge in [-0.1, -0.05) is 12.1 Å². The molecule has 3 heterocycles. The molecule has 4 rings (SSSR count). The highest BCUT2D eigenvalue weighted by Gasteiger charge is 2.23. The molecule has 0 saturated carbocycles. The molecule has 0 fully saturated rings. The second kappa shape index (κ2) is 9.05. The van der Waals surface area contributed by atoms with Crippen molar-refractivity contribution >= 4 is 28.8 Å². The topological polar surface area (TPSA) is 102 Å². The summed E-state index contributed by atoms with van der Waals surface area (Å²) in [6, 6.07) is 9.26. The van der Waals surface area contributed by atoms with Gasteiger partial charge in [-0.15, -0.1) is 0 Å². The molecule has 8 heteroatoms. The van der Waals surface area contributed by atoms with E-state index in [4.69, 9.17) is 0 Å². The molecule has 0 aliphatic carbocycles. The zero-order valence-electron chi connectivity index (χ0n) is 20.0. The first-order valence-corrected chi connectivity index (χ1v) is 11.1. The van der Waals surface area contributed by atoms with Crippen molar-refractivity contribution in [3.05, 3.63) is 82.9 Å². The molecule has 0 unspecified atom stereocenters. The van der Waals surface area contributed by atoms with Crippen LogP contribution in [0.25, 0.3) is 11.0 Å². The molecule has 0 aliphatic rings. The SMILES string of the molecule is Cc1ccc(C(=O)Nc2ncc3c(C(=O)NCc4cccnc4)cn(C(C)(C)C)c3n2)cc1C. The van der Waals surface area contributed by atoms with E-state index in [0.717, 1.165) is 16.7 Å². The number of amides is 2. The molecule has 2 amide bonds. The number of carbonyl (C=O) groups is 2. The molecule has 0 aliphatic heterocycles. The molecule has 4 aromatic rings. The maximum Gasteiger partial charge on any atom is 0.258 e. The first-order valence-electron chi connectivity index (χ1n) is 11.1. The monoisotopic (exact) mass is 456 g/mol. The van der Waals surface area contributed by atoms with E-state index in [9.17, 15) is 9.59 Å². The van der Waals surface area contributed by atoms with Crippen molar-refractivity contribution in [1.29, 1.82) is 0 Å². The van der Waals surface area contributed by atoms with Crippen molar-refractivity contribution in [2.24, 2.45) is 0 Å². The number of nitrogens with zero attached hydrogens (tertiary/aromatic N) is 4. The van der Waals surface area contributed by atoms with E-state index in [2.05, 4.69) is 25.6 Å². The Morgan fingerprint density at radius 2 is 1.82 bits per heavy atom. The minimum absolute atomic E-state index is 0.182. The van der Waals surface area contributed by atoms with Gasteiger partial charge in [0.15, 0.2) is 0 Å². The van der Waals surface area contributed by atoms with E-state index >= 15 is 0 Å². The number of hydrogen-bond donors (Lipinski definition) is 2. The summed E-state index contributed by atoms with van der Waals surface area (Å²) in [6.45, 7) is 10.4. The first-order chi connectivity index (χ1) is 16.1. The van der Waals surface area contributed by atoms with Crippen LogP contribution in [-0.4, -0.2) is 31.3 Å². The number of fused-ring (bicyclic) bond motifs is 1. The van der Waals surface area contributed by atoms with Crippen LogP contribution in [0.3, 0.4) is 0 Å². The Morgan fingerprint density at radius 3 is 2.50 bits per heavy atom. The first kappa shape index (κ1) is 23.1. The van der Waals surface area contributed by atoms with Gasteiger partial charge in [0.1, 0.15) is 5.65 Å². The third-order valence-corrected chi connectivity index (χ3v) is 5.68. The molecule has 3 aromatic heterocycles. The number of pyridine rings is 1. The molecule has 0 atom stereocenters. The van der Waals surface area contributed by atoms with Gasteiger partial charge < -0.3 is 9.88 Å². The molecule has 0 radical (unpaired) electrons. The lowest BCUT2D eigenvalue weighted by molar-refractivity contribution is 0.0951. The summed E-state index contributed by atoms with van der Waals surface area (Å²) in [6.07, 6.45) is 6.77. The van der Waals surface area contributed by atoms with Crippen LogP contribution in [0.15, 0.2) is 55.1 Å². The molecule has 1 aromatic carbocycles. The van der Waals surface area contributed by atoms with Crippen LogP contribution in [0.4, 0.5) is 5.95 Å². The van der Waals surface area contributed by atoms with Gasteiger partial charge in [0.2, 0.25) is 5.95 Å². The van der Waals surface area contributed by atoms with Gasteiger partial charge >= 0.3 is 0 Å². The summed E-state index contributed by atoms with van der Waals surface area (Å²) < 4.78 is 1.93. The summed E-state index contributed by atoms with van der Waals surface area (Å²) in [5, 5.41) is 6.33. The Kier molecular flexibility index (Phi) is 6.15. The molecule has 2 N–H and O–H groups in total. The number of anilines is 1. The Balaban J connectivity index is 1.64. The maximum absolute atomic E-state index is 13.0. The van der Waals surface area contributed by atoms with Gasteiger partial charge in [-0.25, -0.2) is 4.98 Å². The van der Waals surface area contributed by atoms with Crippen LogP contribution in [-0.2, 0) is 12.1 Å². The van der Waals surface area contributed by atoms with Gasteiger partial charge in [-0.05, 0) is 69.5 Å². The Hall–Kier alpha value is -4.07. The number of hydrogen-bond acceptors (Lipinski definition) is 5. The van der Waals surface area contributed by atoms with Crippen LogP contribution in [0, 0.1) is 13.8 Å². The van der Waals surface area contributed by atoms with Crippen molar-refractivity contribution in [2.45, 2.75) is 46.7 Å². The van der Waals surface area contributed by atoms with Gasteiger partial charge in [0.25, 0.3) is 11.8 Å². The summed E-state index contributed by atoms with van der Waals surface area (Å²) in [4.78, 5) is 38.8. The summed E-state index contributed by atoms with van der Waals surface area (Å²) in [5.41, 5.74) is 4.30. The Labute approximate surface area is 198 Å². The molecule has 0 spiro atoms. The van der Waals surface area contributed by atoms with Crippen LogP contribution in [0.2, 0.25) is 0 Å². The van der Waals surface area contributed by atoms with E-state index in [0.29, 0.717) is 28.7 Å². The second-order valence-corrected chi connectivity index (χ2v) is 9.31. The highest BCUT2D eigenvalue weighted by molar-refractivity contribution is 6.07. The maximum atomic E-state index is 13.0. The predicted octanol–water partition coefficient (Wildman–Crippen LogP) is 4.38. The standard InChI is InChI=1S/C26H28N6O2/c1-16-8-9-19(11-17(16)2)23(33)31-25-29-14-20-21(15-32(22(20)30-25)26(3,4)5)24(34)28-13-18-7-6-10-27-12-18/h6-12,14-15H,13H2,1-5H3,(H,28,34)(H,29,30,31,33). The van der Waals surface area contributed by atoms with Gasteiger partial charge in [0, 0.05) is 42.4 Å². The van der Waals surface area contributed by atoms with Crippen molar-refractivity contribution in [3.8, 4) is 0 Å². The van der Waals surface area contributed by atoms with Crippen LogP contribution < -0.4 is 10.6 Å². The summed E-state index contributed by atoms with van der Waals surface area (Å²) >= 11 is 0. The minimum Gasteiger partial charge on any atom is -0.348 e. The molecular formula is C26H28N6O2. The van der Waals surface area contributed by atoms with E-state index in [1.165, 1.54) is 0 Å². The summed E-state index contributed by atoms with van der Waals surface area (Å²) in [7, 11) is 0. The van der Waals surface area contributed by atoms with Crippen LogP contribution >= 0.6 is 0 Å². The van der Waals surface area contributed by atoms with Crippen molar-refractivity contribution in [1.82, 2.24) is 24.8 Å². The Morgan fingerprint density at radius 1 is 1.03 bits per heavy atom. The van der Waals surface area contributed by atoms with Gasteiger partial charge in [-0.3, -0.25) is 19.9 Å². The fraction of sp³-hybridized carbons (Fsp3) is 0.269. The fourth-order valence-corrected chi connectivity index (χ4v) is 3.60. The highest BCUT2D eigenvalue weighted by Crippen LogP contribution is 2.27. The zero-order chi connectivity index (χ0) is 24.5. The molecule has 0 bridgehead atoms. The number of carbonyl (C=O) groups excluding carboxylic acids is 2. The van der Waals surface area contributed by atoms with Gasteiger partial charge in [-0.2, -0.15) is 4.98 Å². The van der Waals surface area contributed by atoms with Crippen LogP contribution in [0.5, 0.6) is 0 Å². The number of rotatable bonds is 5.